The monoisotopic (exact) mass is 305 g/mol. The first kappa shape index (κ1) is 17.7. The first-order valence-electron chi connectivity index (χ1n) is 7.39. The molecule has 0 bridgehead atoms. The fraction of sp³-hybridized carbons (Fsp3) is 0.438. The van der Waals surface area contributed by atoms with Gasteiger partial charge in [0.25, 0.3) is 5.91 Å². The standard InChI is InChI=1S/C16H22N2O4/c1-2-3-7-13(16(21)22)10-11-14(19)17-18-15(20)12-8-5-4-6-9-12/h4-6,8-9,13H,2-3,7,10-11H2,1H3,(H,17,19)(H,18,20)(H,21,22)/p-1/t13-/m1/s1. The Balaban J connectivity index is 2.33. The molecule has 22 heavy (non-hydrogen) atoms. The van der Waals surface area contributed by atoms with Gasteiger partial charge in [-0.2, -0.15) is 0 Å². The van der Waals surface area contributed by atoms with Gasteiger partial charge in [0.05, 0.1) is 0 Å². The van der Waals surface area contributed by atoms with Crippen molar-refractivity contribution in [1.29, 1.82) is 0 Å². The fourth-order valence-electron chi connectivity index (χ4n) is 1.99. The molecule has 1 atom stereocenters. The predicted molar refractivity (Wildman–Crippen MR) is 79.3 cm³/mol. The normalized spacial score (nSPS) is 11.5. The molecule has 0 aliphatic rings. The number of hydrazine groups is 1. The van der Waals surface area contributed by atoms with E-state index in [1.807, 2.05) is 6.92 Å². The second-order valence-corrected chi connectivity index (χ2v) is 5.07. The maximum absolute atomic E-state index is 11.7. The van der Waals surface area contributed by atoms with Crippen LogP contribution in [0.4, 0.5) is 0 Å². The zero-order chi connectivity index (χ0) is 16.4. The Morgan fingerprint density at radius 2 is 1.77 bits per heavy atom. The van der Waals surface area contributed by atoms with Crippen molar-refractivity contribution in [2.75, 3.05) is 0 Å². The lowest BCUT2D eigenvalue weighted by atomic mass is 9.97. The summed E-state index contributed by atoms with van der Waals surface area (Å²) in [5.74, 6) is -2.60. The largest absolute Gasteiger partial charge is 0.550 e. The van der Waals surface area contributed by atoms with Gasteiger partial charge in [-0.3, -0.25) is 20.4 Å². The van der Waals surface area contributed by atoms with Gasteiger partial charge in [0.2, 0.25) is 5.91 Å². The first-order valence-corrected chi connectivity index (χ1v) is 7.39. The Hall–Kier alpha value is -2.37. The Bertz CT molecular complexity index is 502. The molecule has 0 saturated carbocycles. The van der Waals surface area contributed by atoms with E-state index in [0.717, 1.165) is 12.8 Å². The minimum absolute atomic E-state index is 0.0252. The molecule has 120 valence electrons. The molecule has 1 aromatic rings. The predicted octanol–water partition coefficient (Wildman–Crippen LogP) is 0.784. The lowest BCUT2D eigenvalue weighted by molar-refractivity contribution is -0.312. The highest BCUT2D eigenvalue weighted by atomic mass is 16.4. The number of carboxylic acid groups (broad SMARTS) is 1. The van der Waals surface area contributed by atoms with Crippen molar-refractivity contribution in [3.8, 4) is 0 Å². The lowest BCUT2D eigenvalue weighted by Crippen LogP contribution is -2.42. The van der Waals surface area contributed by atoms with Gasteiger partial charge in [0.1, 0.15) is 0 Å². The average Bonchev–Trinajstić information content (AvgIpc) is 2.53. The second-order valence-electron chi connectivity index (χ2n) is 5.07. The number of hydrogen-bond acceptors (Lipinski definition) is 4. The van der Waals surface area contributed by atoms with Crippen LogP contribution in [-0.4, -0.2) is 17.8 Å². The summed E-state index contributed by atoms with van der Waals surface area (Å²) in [6.07, 6.45) is 2.41. The van der Waals surface area contributed by atoms with Crippen LogP contribution in [0.1, 0.15) is 49.4 Å². The van der Waals surface area contributed by atoms with Gasteiger partial charge >= 0.3 is 0 Å². The van der Waals surface area contributed by atoms with Crippen LogP contribution in [0.15, 0.2) is 30.3 Å². The Morgan fingerprint density at radius 1 is 1.09 bits per heavy atom. The number of nitrogens with one attached hydrogen (secondary N) is 2. The summed E-state index contributed by atoms with van der Waals surface area (Å²) < 4.78 is 0. The van der Waals surface area contributed by atoms with Crippen molar-refractivity contribution < 1.29 is 19.5 Å². The molecule has 0 heterocycles. The quantitative estimate of drug-likeness (QED) is 0.693. The van der Waals surface area contributed by atoms with E-state index in [-0.39, 0.29) is 12.8 Å². The molecule has 1 aromatic carbocycles. The number of hydrogen-bond donors (Lipinski definition) is 2. The molecular weight excluding hydrogens is 284 g/mol. The maximum atomic E-state index is 11.7. The second kappa shape index (κ2) is 9.55. The van der Waals surface area contributed by atoms with E-state index >= 15 is 0 Å². The van der Waals surface area contributed by atoms with Crippen molar-refractivity contribution in [1.82, 2.24) is 10.9 Å². The molecule has 0 saturated heterocycles. The average molecular weight is 305 g/mol. The summed E-state index contributed by atoms with van der Waals surface area (Å²) in [6, 6.07) is 8.46. The third kappa shape index (κ3) is 6.39. The highest BCUT2D eigenvalue weighted by Crippen LogP contribution is 2.14. The van der Waals surface area contributed by atoms with E-state index in [1.54, 1.807) is 30.3 Å². The highest BCUT2D eigenvalue weighted by Gasteiger charge is 2.13. The SMILES string of the molecule is CCCC[C@H](CCC(=O)NNC(=O)c1ccccc1)C(=O)[O-]. The first-order chi connectivity index (χ1) is 10.5. The molecule has 2 amide bonds. The van der Waals surface area contributed by atoms with Crippen molar-refractivity contribution >= 4 is 17.8 Å². The van der Waals surface area contributed by atoms with Crippen LogP contribution in [-0.2, 0) is 9.59 Å². The summed E-state index contributed by atoms with van der Waals surface area (Å²) in [5, 5.41) is 11.0. The van der Waals surface area contributed by atoms with Gasteiger partial charge in [-0.25, -0.2) is 0 Å². The number of carboxylic acids is 1. The molecule has 6 nitrogen and oxygen atoms in total. The van der Waals surface area contributed by atoms with Crippen molar-refractivity contribution in [2.45, 2.75) is 39.0 Å². The maximum Gasteiger partial charge on any atom is 0.269 e. The molecule has 0 spiro atoms. The van der Waals surface area contributed by atoms with E-state index in [2.05, 4.69) is 10.9 Å². The number of carbonyl (C=O) groups is 3. The van der Waals surface area contributed by atoms with E-state index < -0.39 is 23.7 Å². The molecule has 0 unspecified atom stereocenters. The van der Waals surface area contributed by atoms with E-state index in [1.165, 1.54) is 0 Å². The summed E-state index contributed by atoms with van der Waals surface area (Å²) in [7, 11) is 0. The van der Waals surface area contributed by atoms with Crippen molar-refractivity contribution in [3.05, 3.63) is 35.9 Å². The van der Waals surface area contributed by atoms with Gasteiger partial charge in [-0.15, -0.1) is 0 Å². The van der Waals surface area contributed by atoms with Crippen LogP contribution in [0, 0.1) is 5.92 Å². The number of carbonyl (C=O) groups excluding carboxylic acids is 3. The molecular formula is C16H21N2O4-. The summed E-state index contributed by atoms with van der Waals surface area (Å²) in [4.78, 5) is 34.3. The van der Waals surface area contributed by atoms with E-state index in [4.69, 9.17) is 0 Å². The van der Waals surface area contributed by atoms with Crippen LogP contribution < -0.4 is 16.0 Å². The molecule has 2 N–H and O–H groups in total. The zero-order valence-electron chi connectivity index (χ0n) is 12.6. The molecule has 6 heteroatoms. The molecule has 0 fully saturated rings. The van der Waals surface area contributed by atoms with Crippen molar-refractivity contribution in [2.24, 2.45) is 5.92 Å². The van der Waals surface area contributed by atoms with E-state index in [0.29, 0.717) is 12.0 Å². The lowest BCUT2D eigenvalue weighted by Gasteiger charge is -2.17. The van der Waals surface area contributed by atoms with Crippen LogP contribution in [0.2, 0.25) is 0 Å². The van der Waals surface area contributed by atoms with Gasteiger partial charge in [-0.05, 0) is 30.9 Å². The molecule has 1 rings (SSSR count). The number of aliphatic carboxylic acids is 1. The van der Waals surface area contributed by atoms with Crippen LogP contribution >= 0.6 is 0 Å². The summed E-state index contributed by atoms with van der Waals surface area (Å²) >= 11 is 0. The Labute approximate surface area is 129 Å². The number of rotatable bonds is 8. The third-order valence-corrected chi connectivity index (χ3v) is 3.31. The smallest absolute Gasteiger partial charge is 0.269 e. The van der Waals surface area contributed by atoms with Gasteiger partial charge in [0.15, 0.2) is 0 Å². The molecule has 0 aromatic heterocycles. The van der Waals surface area contributed by atoms with Crippen LogP contribution in [0.3, 0.4) is 0 Å². The fourth-order valence-corrected chi connectivity index (χ4v) is 1.99. The van der Waals surface area contributed by atoms with Gasteiger partial charge in [0, 0.05) is 18.0 Å². The Morgan fingerprint density at radius 3 is 2.36 bits per heavy atom. The third-order valence-electron chi connectivity index (χ3n) is 3.31. The molecule has 0 aliphatic carbocycles. The molecule has 0 radical (unpaired) electrons. The topological polar surface area (TPSA) is 98.3 Å². The van der Waals surface area contributed by atoms with Crippen LogP contribution in [0.5, 0.6) is 0 Å². The summed E-state index contributed by atoms with van der Waals surface area (Å²) in [5.41, 5.74) is 5.00. The number of benzene rings is 1. The highest BCUT2D eigenvalue weighted by molar-refractivity contribution is 5.95. The van der Waals surface area contributed by atoms with Gasteiger partial charge < -0.3 is 9.90 Å². The van der Waals surface area contributed by atoms with Gasteiger partial charge in [-0.1, -0.05) is 38.0 Å². The minimum Gasteiger partial charge on any atom is -0.550 e. The minimum atomic E-state index is -1.13. The number of unbranched alkanes of at least 4 members (excludes halogenated alkanes) is 1. The zero-order valence-corrected chi connectivity index (χ0v) is 12.6. The van der Waals surface area contributed by atoms with Crippen LogP contribution in [0.25, 0.3) is 0 Å². The number of amides is 2. The van der Waals surface area contributed by atoms with Crippen molar-refractivity contribution in [3.63, 3.8) is 0 Å². The summed E-state index contributed by atoms with van der Waals surface area (Å²) in [6.45, 7) is 1.97. The Kier molecular flexibility index (Phi) is 7.67. The molecule has 0 aliphatic heterocycles. The van der Waals surface area contributed by atoms with E-state index in [9.17, 15) is 19.5 Å².